The van der Waals surface area contributed by atoms with E-state index >= 15 is 0 Å². The molecule has 6 heteroatoms. The summed E-state index contributed by atoms with van der Waals surface area (Å²) in [6.07, 6.45) is 2.24. The van der Waals surface area contributed by atoms with Crippen molar-refractivity contribution in [2.24, 2.45) is 4.99 Å². The highest BCUT2D eigenvalue weighted by Crippen LogP contribution is 2.26. The van der Waals surface area contributed by atoms with Gasteiger partial charge in [-0.05, 0) is 36.5 Å². The van der Waals surface area contributed by atoms with Gasteiger partial charge in [-0.2, -0.15) is 0 Å². The molecule has 0 amide bonds. The molecule has 0 unspecified atom stereocenters. The van der Waals surface area contributed by atoms with Crippen molar-refractivity contribution in [1.82, 2.24) is 4.98 Å². The zero-order valence-electron chi connectivity index (χ0n) is 11.8. The zero-order chi connectivity index (χ0) is 14.5. The number of aromatic nitrogens is 1. The van der Waals surface area contributed by atoms with Crippen LogP contribution in [-0.4, -0.2) is 29.6 Å². The Morgan fingerprint density at radius 3 is 2.95 bits per heavy atom. The van der Waals surface area contributed by atoms with Gasteiger partial charge in [0.25, 0.3) is 0 Å². The molecule has 0 radical (unpaired) electrons. The fourth-order valence-corrected chi connectivity index (χ4v) is 2.50. The molecule has 1 aliphatic heterocycles. The van der Waals surface area contributed by atoms with E-state index in [-0.39, 0.29) is 5.78 Å². The fraction of sp³-hybridized carbons (Fsp3) is 0.357. The molecule has 0 saturated carbocycles. The number of pyridine rings is 1. The molecule has 0 saturated heterocycles. The lowest BCUT2D eigenvalue weighted by Gasteiger charge is -2.15. The van der Waals surface area contributed by atoms with Crippen molar-refractivity contribution in [3.63, 3.8) is 0 Å². The van der Waals surface area contributed by atoms with Gasteiger partial charge >= 0.3 is 0 Å². The standard InChI is InChI=1S/C14H17N3O2S/c1-9-4-12(19-3)13(15-6-9)17-14-16-7-11(8-20-14)5-10(2)18/h4,6,8H,5,7H2,1-3H3,(H,15,16,17). The van der Waals surface area contributed by atoms with Crippen LogP contribution in [0.4, 0.5) is 5.82 Å². The molecule has 106 valence electrons. The summed E-state index contributed by atoms with van der Waals surface area (Å²) >= 11 is 1.46. The first kappa shape index (κ1) is 14.6. The van der Waals surface area contributed by atoms with Crippen LogP contribution < -0.4 is 10.1 Å². The SMILES string of the molecule is COc1cc(C)cnc1NC1=NCC(CC(C)=O)=CS1. The van der Waals surface area contributed by atoms with E-state index in [9.17, 15) is 4.79 Å². The number of thioether (sulfide) groups is 1. The molecule has 20 heavy (non-hydrogen) atoms. The van der Waals surface area contributed by atoms with Gasteiger partial charge in [0.1, 0.15) is 5.78 Å². The second-order valence-corrected chi connectivity index (χ2v) is 5.44. The highest BCUT2D eigenvalue weighted by atomic mass is 32.2. The summed E-state index contributed by atoms with van der Waals surface area (Å²) in [5, 5.41) is 5.87. The maximum Gasteiger partial charge on any atom is 0.174 e. The number of nitrogens with zero attached hydrogens (tertiary/aromatic N) is 2. The van der Waals surface area contributed by atoms with Gasteiger partial charge in [0, 0.05) is 12.6 Å². The summed E-state index contributed by atoms with van der Waals surface area (Å²) in [6.45, 7) is 4.09. The third-order valence-corrected chi connectivity index (χ3v) is 3.58. The van der Waals surface area contributed by atoms with Gasteiger partial charge in [-0.1, -0.05) is 11.8 Å². The van der Waals surface area contributed by atoms with Crippen molar-refractivity contribution >= 4 is 28.5 Å². The van der Waals surface area contributed by atoms with E-state index in [1.165, 1.54) is 11.8 Å². The van der Waals surface area contributed by atoms with E-state index in [0.29, 0.717) is 24.5 Å². The average molecular weight is 291 g/mol. The smallest absolute Gasteiger partial charge is 0.174 e. The van der Waals surface area contributed by atoms with E-state index < -0.39 is 0 Å². The number of Topliss-reactive ketones (excluding diaryl/α,β-unsaturated/α-hetero) is 1. The third-order valence-electron chi connectivity index (χ3n) is 2.67. The summed E-state index contributed by atoms with van der Waals surface area (Å²) in [6, 6.07) is 1.92. The lowest BCUT2D eigenvalue weighted by Crippen LogP contribution is -2.14. The van der Waals surface area contributed by atoms with E-state index in [1.54, 1.807) is 20.2 Å². The van der Waals surface area contributed by atoms with Crippen LogP contribution in [0.5, 0.6) is 5.75 Å². The number of amidine groups is 1. The number of methoxy groups -OCH3 is 1. The first-order valence-electron chi connectivity index (χ1n) is 6.24. The molecule has 0 aliphatic carbocycles. The molecule has 1 aromatic rings. The van der Waals surface area contributed by atoms with Crippen LogP contribution in [0.25, 0.3) is 0 Å². The van der Waals surface area contributed by atoms with E-state index in [1.807, 2.05) is 18.4 Å². The minimum Gasteiger partial charge on any atom is -0.493 e. The van der Waals surface area contributed by atoms with Crippen LogP contribution >= 0.6 is 11.8 Å². The monoisotopic (exact) mass is 291 g/mol. The summed E-state index contributed by atoms with van der Waals surface area (Å²) in [4.78, 5) is 19.8. The van der Waals surface area contributed by atoms with Crippen molar-refractivity contribution in [1.29, 1.82) is 0 Å². The fourth-order valence-electron chi connectivity index (χ4n) is 1.77. The van der Waals surface area contributed by atoms with Crippen LogP contribution in [0.2, 0.25) is 0 Å². The quantitative estimate of drug-likeness (QED) is 0.924. The zero-order valence-corrected chi connectivity index (χ0v) is 12.6. The van der Waals surface area contributed by atoms with Gasteiger partial charge in [0.2, 0.25) is 0 Å². The molecule has 0 atom stereocenters. The normalized spacial score (nSPS) is 14.3. The number of carbonyl (C=O) groups is 1. The van der Waals surface area contributed by atoms with Gasteiger partial charge in [0.15, 0.2) is 16.7 Å². The predicted octanol–water partition coefficient (Wildman–Crippen LogP) is 2.78. The van der Waals surface area contributed by atoms with Crippen LogP contribution in [-0.2, 0) is 4.79 Å². The number of hydrogen-bond acceptors (Lipinski definition) is 6. The molecule has 0 spiro atoms. The Labute approximate surface area is 122 Å². The van der Waals surface area contributed by atoms with Crippen molar-refractivity contribution < 1.29 is 9.53 Å². The van der Waals surface area contributed by atoms with E-state index in [2.05, 4.69) is 15.3 Å². The number of nitrogens with one attached hydrogen (secondary N) is 1. The second kappa shape index (κ2) is 6.56. The van der Waals surface area contributed by atoms with Crippen LogP contribution in [0, 0.1) is 6.92 Å². The Morgan fingerprint density at radius 2 is 2.35 bits per heavy atom. The number of anilines is 1. The van der Waals surface area contributed by atoms with Crippen molar-refractivity contribution in [3.05, 3.63) is 28.8 Å². The lowest BCUT2D eigenvalue weighted by molar-refractivity contribution is -0.116. The molecule has 1 aromatic heterocycles. The number of aryl methyl sites for hydroxylation is 1. The topological polar surface area (TPSA) is 63.6 Å². The Balaban J connectivity index is 2.02. The number of rotatable bonds is 4. The number of aliphatic imine (C=N–C) groups is 1. The highest BCUT2D eigenvalue weighted by Gasteiger charge is 2.12. The van der Waals surface area contributed by atoms with Gasteiger partial charge < -0.3 is 10.1 Å². The largest absolute Gasteiger partial charge is 0.493 e. The van der Waals surface area contributed by atoms with Gasteiger partial charge in [-0.25, -0.2) is 4.98 Å². The summed E-state index contributed by atoms with van der Waals surface area (Å²) in [5.41, 5.74) is 2.08. The lowest BCUT2D eigenvalue weighted by atomic mass is 10.2. The minimum absolute atomic E-state index is 0.158. The highest BCUT2D eigenvalue weighted by molar-refractivity contribution is 8.16. The molecule has 2 rings (SSSR count). The molecular weight excluding hydrogens is 274 g/mol. The van der Waals surface area contributed by atoms with Crippen molar-refractivity contribution in [2.45, 2.75) is 20.3 Å². The Morgan fingerprint density at radius 1 is 1.55 bits per heavy atom. The molecule has 0 fully saturated rings. The Hall–Kier alpha value is -1.82. The first-order chi connectivity index (χ1) is 9.58. The molecule has 5 nitrogen and oxygen atoms in total. The van der Waals surface area contributed by atoms with Crippen LogP contribution in [0.3, 0.4) is 0 Å². The molecule has 1 N–H and O–H groups in total. The van der Waals surface area contributed by atoms with Crippen molar-refractivity contribution in [2.75, 3.05) is 19.0 Å². The second-order valence-electron chi connectivity index (χ2n) is 4.58. The molecule has 0 bridgehead atoms. The Bertz CT molecular complexity index is 582. The molecular formula is C14H17N3O2S. The van der Waals surface area contributed by atoms with Gasteiger partial charge in [-0.15, -0.1) is 0 Å². The van der Waals surface area contributed by atoms with Gasteiger partial charge in [0.05, 0.1) is 13.7 Å². The third kappa shape index (κ3) is 3.84. The summed E-state index contributed by atoms with van der Waals surface area (Å²) in [7, 11) is 1.61. The molecule has 0 aromatic carbocycles. The number of ether oxygens (including phenoxy) is 1. The predicted molar refractivity (Wildman–Crippen MR) is 82.4 cm³/mol. The van der Waals surface area contributed by atoms with E-state index in [0.717, 1.165) is 16.3 Å². The van der Waals surface area contributed by atoms with Crippen LogP contribution in [0.15, 0.2) is 28.2 Å². The average Bonchev–Trinajstić information content (AvgIpc) is 2.42. The molecule has 1 aliphatic rings. The maximum absolute atomic E-state index is 11.1. The number of carbonyl (C=O) groups excluding carboxylic acids is 1. The maximum atomic E-state index is 11.1. The molecule has 2 heterocycles. The minimum atomic E-state index is 0.158. The first-order valence-corrected chi connectivity index (χ1v) is 7.12. The van der Waals surface area contributed by atoms with E-state index in [4.69, 9.17) is 4.74 Å². The van der Waals surface area contributed by atoms with Gasteiger partial charge in [-0.3, -0.25) is 9.79 Å². The van der Waals surface area contributed by atoms with Crippen LogP contribution in [0.1, 0.15) is 18.9 Å². The van der Waals surface area contributed by atoms with Crippen molar-refractivity contribution in [3.8, 4) is 5.75 Å². The summed E-state index contributed by atoms with van der Waals surface area (Å²) < 4.78 is 5.29. The number of ketones is 1. The Kier molecular flexibility index (Phi) is 4.79. The number of hydrogen-bond donors (Lipinski definition) is 1. The summed E-state index contributed by atoms with van der Waals surface area (Å²) in [5.74, 6) is 1.49.